The van der Waals surface area contributed by atoms with Crippen molar-refractivity contribution < 1.29 is 18.4 Å². The van der Waals surface area contributed by atoms with Crippen molar-refractivity contribution in [3.63, 3.8) is 0 Å². The Morgan fingerprint density at radius 1 is 1.27 bits per heavy atom. The Kier molecular flexibility index (Phi) is 9.22. The van der Waals surface area contributed by atoms with Crippen molar-refractivity contribution in [1.29, 1.82) is 0 Å². The van der Waals surface area contributed by atoms with Crippen LogP contribution in [0.15, 0.2) is 16.7 Å². The Balaban J connectivity index is 2.98. The lowest BCUT2D eigenvalue weighted by Gasteiger charge is -2.17. The van der Waals surface area contributed by atoms with Crippen LogP contribution in [-0.4, -0.2) is 47.1 Å². The van der Waals surface area contributed by atoms with E-state index in [1.807, 2.05) is 26.8 Å². The van der Waals surface area contributed by atoms with Crippen LogP contribution >= 0.6 is 0 Å². The van der Waals surface area contributed by atoms with Gasteiger partial charge in [0, 0.05) is 38.5 Å². The number of nitrogens with zero attached hydrogens (tertiary/aromatic N) is 2. The molecule has 0 aliphatic heterocycles. The fraction of sp³-hybridized carbons (Fsp3) is 0.684. The van der Waals surface area contributed by atoms with Crippen LogP contribution in [0, 0.1) is 5.92 Å². The Hall–Kier alpha value is -1.47. The highest BCUT2D eigenvalue weighted by Crippen LogP contribution is 2.26. The first-order valence-electron chi connectivity index (χ1n) is 8.83. The normalized spacial score (nSPS) is 13.8. The lowest BCUT2D eigenvalue weighted by molar-refractivity contribution is 0.170. The lowest BCUT2D eigenvalue weighted by atomic mass is 10.0. The van der Waals surface area contributed by atoms with Crippen LogP contribution in [0.2, 0.25) is 0 Å². The van der Waals surface area contributed by atoms with E-state index in [-0.39, 0.29) is 10.7 Å². The van der Waals surface area contributed by atoms with Crippen LogP contribution in [0.25, 0.3) is 0 Å². The molecule has 0 spiro atoms. The minimum absolute atomic E-state index is 0.189. The van der Waals surface area contributed by atoms with Crippen LogP contribution in [0.1, 0.15) is 46.6 Å². The molecule has 0 aliphatic carbocycles. The molecule has 7 heteroatoms. The summed E-state index contributed by atoms with van der Waals surface area (Å²) in [6, 6.07) is 1.91. The van der Waals surface area contributed by atoms with E-state index < -0.39 is 11.0 Å². The highest BCUT2D eigenvalue weighted by atomic mass is 32.2. The van der Waals surface area contributed by atoms with Crippen molar-refractivity contribution in [3.8, 4) is 11.6 Å². The Morgan fingerprint density at radius 3 is 2.50 bits per heavy atom. The quantitative estimate of drug-likeness (QED) is 0.455. The number of ether oxygens (including phenoxy) is 3. The highest BCUT2D eigenvalue weighted by molar-refractivity contribution is 7.85. The zero-order valence-electron chi connectivity index (χ0n) is 17.0. The standard InChI is InChI=1S/C19H32N2O4S/c1-14(2)16(21-26(22)19(3,4)5)11-15-12-17(18(24-7)20-13-15)25-10-8-9-23-6/h12-14H,8-11H2,1-7H3/t26-/m0/s1. The monoisotopic (exact) mass is 384 g/mol. The summed E-state index contributed by atoms with van der Waals surface area (Å²) in [5.74, 6) is 1.24. The average molecular weight is 385 g/mol. The molecule has 1 aromatic heterocycles. The molecule has 1 aromatic rings. The van der Waals surface area contributed by atoms with Gasteiger partial charge in [0.05, 0.1) is 18.5 Å². The molecule has 1 atom stereocenters. The molecular weight excluding hydrogens is 352 g/mol. The highest BCUT2D eigenvalue weighted by Gasteiger charge is 2.21. The van der Waals surface area contributed by atoms with Gasteiger partial charge in [0.25, 0.3) is 5.88 Å². The first kappa shape index (κ1) is 22.6. The molecule has 0 bridgehead atoms. The largest absolute Gasteiger partial charge is 0.488 e. The van der Waals surface area contributed by atoms with E-state index in [9.17, 15) is 4.21 Å². The molecule has 148 valence electrons. The molecule has 0 amide bonds. The van der Waals surface area contributed by atoms with E-state index in [0.717, 1.165) is 17.7 Å². The van der Waals surface area contributed by atoms with Crippen molar-refractivity contribution in [2.24, 2.45) is 10.3 Å². The molecule has 0 N–H and O–H groups in total. The maximum atomic E-state index is 12.4. The summed E-state index contributed by atoms with van der Waals surface area (Å²) in [7, 11) is 1.95. The molecule has 0 saturated carbocycles. The van der Waals surface area contributed by atoms with Gasteiger partial charge in [0.15, 0.2) is 5.75 Å². The Labute approximate surface area is 160 Å². The van der Waals surface area contributed by atoms with Gasteiger partial charge in [0.1, 0.15) is 11.0 Å². The zero-order chi connectivity index (χ0) is 19.7. The molecule has 0 radical (unpaired) electrons. The zero-order valence-corrected chi connectivity index (χ0v) is 17.8. The first-order valence-corrected chi connectivity index (χ1v) is 9.93. The van der Waals surface area contributed by atoms with Gasteiger partial charge in [-0.3, -0.25) is 0 Å². The predicted octanol–water partition coefficient (Wildman–Crippen LogP) is 3.61. The van der Waals surface area contributed by atoms with Crippen LogP contribution < -0.4 is 9.47 Å². The van der Waals surface area contributed by atoms with E-state index >= 15 is 0 Å². The number of pyridine rings is 1. The second-order valence-electron chi connectivity index (χ2n) is 7.32. The molecule has 1 rings (SSSR count). The summed E-state index contributed by atoms with van der Waals surface area (Å²) in [5, 5.41) is 0. The van der Waals surface area contributed by atoms with Crippen molar-refractivity contribution in [3.05, 3.63) is 17.8 Å². The molecule has 0 aromatic carbocycles. The second kappa shape index (κ2) is 10.6. The smallest absolute Gasteiger partial charge is 0.256 e. The van der Waals surface area contributed by atoms with E-state index in [4.69, 9.17) is 14.2 Å². The Morgan fingerprint density at radius 2 is 1.96 bits per heavy atom. The number of hydrogen-bond acceptors (Lipinski definition) is 5. The summed E-state index contributed by atoms with van der Waals surface area (Å²) in [6.45, 7) is 11.0. The van der Waals surface area contributed by atoms with Gasteiger partial charge in [-0.2, -0.15) is 4.40 Å². The molecule has 0 saturated heterocycles. The van der Waals surface area contributed by atoms with Gasteiger partial charge in [-0.05, 0) is 38.3 Å². The fourth-order valence-electron chi connectivity index (χ4n) is 2.01. The van der Waals surface area contributed by atoms with Crippen LogP contribution in [0.3, 0.4) is 0 Å². The van der Waals surface area contributed by atoms with Crippen molar-refractivity contribution in [2.75, 3.05) is 27.4 Å². The van der Waals surface area contributed by atoms with E-state index in [1.54, 1.807) is 20.4 Å². The first-order chi connectivity index (χ1) is 12.2. The third-order valence-electron chi connectivity index (χ3n) is 3.59. The average Bonchev–Trinajstić information content (AvgIpc) is 2.57. The maximum absolute atomic E-state index is 12.4. The van der Waals surface area contributed by atoms with Gasteiger partial charge in [0.2, 0.25) is 0 Å². The third-order valence-corrected chi connectivity index (χ3v) is 5.04. The van der Waals surface area contributed by atoms with E-state index in [2.05, 4.69) is 23.2 Å². The lowest BCUT2D eigenvalue weighted by Crippen LogP contribution is -2.23. The summed E-state index contributed by atoms with van der Waals surface area (Å²) >= 11 is 0. The van der Waals surface area contributed by atoms with Gasteiger partial charge in [-0.1, -0.05) is 13.8 Å². The molecule has 0 aliphatic rings. The SMILES string of the molecule is COCCCOc1cc(CC(=N[S@@](=O)C(C)(C)C)C(C)C)cnc1OC. The van der Waals surface area contributed by atoms with E-state index in [1.165, 1.54) is 0 Å². The van der Waals surface area contributed by atoms with Crippen LogP contribution in [0.4, 0.5) is 0 Å². The molecule has 0 fully saturated rings. The predicted molar refractivity (Wildman–Crippen MR) is 107 cm³/mol. The number of aromatic nitrogens is 1. The van der Waals surface area contributed by atoms with Crippen molar-refractivity contribution in [1.82, 2.24) is 4.98 Å². The summed E-state index contributed by atoms with van der Waals surface area (Å²) in [6.07, 6.45) is 3.11. The van der Waals surface area contributed by atoms with Gasteiger partial charge < -0.3 is 14.2 Å². The number of methoxy groups -OCH3 is 2. The fourth-order valence-corrected chi connectivity index (χ4v) is 2.77. The topological polar surface area (TPSA) is 70.0 Å². The maximum Gasteiger partial charge on any atom is 0.256 e. The number of hydrogen-bond donors (Lipinski definition) is 0. The van der Waals surface area contributed by atoms with Gasteiger partial charge >= 0.3 is 0 Å². The second-order valence-corrected chi connectivity index (χ2v) is 9.23. The minimum Gasteiger partial charge on any atom is -0.488 e. The summed E-state index contributed by atoms with van der Waals surface area (Å²) < 4.78 is 32.6. The molecular formula is C19H32N2O4S. The molecule has 6 nitrogen and oxygen atoms in total. The van der Waals surface area contributed by atoms with Crippen LogP contribution in [-0.2, 0) is 22.1 Å². The minimum atomic E-state index is -1.28. The van der Waals surface area contributed by atoms with Gasteiger partial charge in [-0.15, -0.1) is 0 Å². The molecule has 0 unspecified atom stereocenters. The van der Waals surface area contributed by atoms with Crippen LogP contribution in [0.5, 0.6) is 11.6 Å². The number of rotatable bonds is 10. The summed E-state index contributed by atoms with van der Waals surface area (Å²) in [4.78, 5) is 4.33. The van der Waals surface area contributed by atoms with E-state index in [0.29, 0.717) is 31.3 Å². The van der Waals surface area contributed by atoms with Crippen molar-refractivity contribution >= 4 is 16.7 Å². The molecule has 26 heavy (non-hydrogen) atoms. The third kappa shape index (κ3) is 7.41. The molecule has 1 heterocycles. The van der Waals surface area contributed by atoms with Gasteiger partial charge in [-0.25, -0.2) is 9.19 Å². The van der Waals surface area contributed by atoms with Crippen molar-refractivity contribution in [2.45, 2.75) is 52.2 Å². The Bertz CT molecular complexity index is 624. The summed E-state index contributed by atoms with van der Waals surface area (Å²) in [5.41, 5.74) is 1.83.